The Kier molecular flexibility index (Phi) is 33.7. The Morgan fingerprint density at radius 3 is 1.16 bits per heavy atom. The van der Waals surface area contributed by atoms with Crippen molar-refractivity contribution in [2.75, 3.05) is 19.8 Å². The van der Waals surface area contributed by atoms with Gasteiger partial charge in [0.05, 0.1) is 25.4 Å². The van der Waals surface area contributed by atoms with E-state index in [1.54, 1.807) is 36.4 Å². The molecule has 0 amide bonds. The predicted octanol–water partition coefficient (Wildman–Crippen LogP) is 19.5. The van der Waals surface area contributed by atoms with Gasteiger partial charge in [0.15, 0.2) is 17.6 Å². The second-order valence-corrected chi connectivity index (χ2v) is 21.0. The molecule has 1 atom stereocenters. The van der Waals surface area contributed by atoms with Gasteiger partial charge >= 0.3 is 17.9 Å². The summed E-state index contributed by atoms with van der Waals surface area (Å²) in [6, 6.07) is 25.8. The number of ether oxygens (including phenoxy) is 6. The summed E-state index contributed by atoms with van der Waals surface area (Å²) in [5.74, 6) is 1.29. The van der Waals surface area contributed by atoms with Crippen LogP contribution < -0.4 is 23.7 Å². The molecule has 4 aromatic carbocycles. The third kappa shape index (κ3) is 28.1. The average Bonchev–Trinajstić information content (AvgIpc) is 3.44. The maximum absolute atomic E-state index is 13.3. The van der Waals surface area contributed by atoms with Crippen molar-refractivity contribution in [1.82, 2.24) is 0 Å². The van der Waals surface area contributed by atoms with Crippen LogP contribution in [0.15, 0.2) is 84.9 Å². The number of rotatable bonds is 44. The third-order valence-electron chi connectivity index (χ3n) is 14.1. The van der Waals surface area contributed by atoms with Crippen LogP contribution in [0.1, 0.15) is 249 Å². The molecule has 0 heterocycles. The van der Waals surface area contributed by atoms with Gasteiger partial charge in [-0.05, 0) is 97.0 Å². The monoisotopic (exact) mass is 1060 g/mol. The molecule has 0 aliphatic rings. The molecular weight excluding hydrogens is 961 g/mol. The summed E-state index contributed by atoms with van der Waals surface area (Å²) in [4.78, 5) is 36.7. The Morgan fingerprint density at radius 1 is 0.416 bits per heavy atom. The smallest absolute Gasteiger partial charge is 0.352 e. The molecule has 0 radical (unpaired) electrons. The highest BCUT2D eigenvalue weighted by Crippen LogP contribution is 2.40. The molecule has 424 valence electrons. The Labute approximate surface area is 465 Å². The van der Waals surface area contributed by atoms with E-state index in [2.05, 4.69) is 39.0 Å². The number of hydrogen-bond donors (Lipinski definition) is 0. The van der Waals surface area contributed by atoms with Crippen LogP contribution in [0.4, 0.5) is 0 Å². The highest BCUT2D eigenvalue weighted by molar-refractivity contribution is 5.91. The molecule has 9 nitrogen and oxygen atoms in total. The lowest BCUT2D eigenvalue weighted by molar-refractivity contribution is -0.159. The van der Waals surface area contributed by atoms with Crippen molar-refractivity contribution >= 4 is 30.1 Å². The first kappa shape index (κ1) is 64.0. The molecule has 0 saturated heterocycles. The summed E-state index contributed by atoms with van der Waals surface area (Å²) in [7, 11) is 0. The van der Waals surface area contributed by atoms with Crippen molar-refractivity contribution < 1.29 is 42.8 Å². The van der Waals surface area contributed by atoms with Gasteiger partial charge in [0.25, 0.3) is 0 Å². The van der Waals surface area contributed by atoms with E-state index in [1.165, 1.54) is 168 Å². The standard InChI is InChI=1S/C68H98O9/c1-6-9-12-15-18-21-24-27-30-33-50-72-64-53-58(54-65(73-51-34-31-28-25-22-19-16-13-10-7-2)66(64)74-52-35-32-29-26-23-20-17-14-11-8-3)37-36-57-38-40-61(41-39-57)68(71)77-63-48-44-60(45-49-63)59-42-46-62(47-43-59)76-67(70)55(4)75-56(5)69/h36-49,53-55H,6-35,50-52H2,1-5H3/b37-36+/t55-/m0/s1. The van der Waals surface area contributed by atoms with E-state index in [1.807, 2.05) is 42.5 Å². The van der Waals surface area contributed by atoms with Crippen LogP contribution in [0, 0.1) is 0 Å². The zero-order valence-electron chi connectivity index (χ0n) is 48.3. The fourth-order valence-corrected chi connectivity index (χ4v) is 9.37. The topological polar surface area (TPSA) is 107 Å². The zero-order valence-corrected chi connectivity index (χ0v) is 48.3. The molecule has 4 aromatic rings. The molecule has 4 rings (SSSR count). The first-order valence-electron chi connectivity index (χ1n) is 30.4. The van der Waals surface area contributed by atoms with Crippen molar-refractivity contribution in [3.63, 3.8) is 0 Å². The van der Waals surface area contributed by atoms with Gasteiger partial charge in [-0.25, -0.2) is 9.59 Å². The van der Waals surface area contributed by atoms with E-state index in [4.69, 9.17) is 28.4 Å². The quantitative estimate of drug-likeness (QED) is 0.0185. The highest BCUT2D eigenvalue weighted by Gasteiger charge is 2.19. The van der Waals surface area contributed by atoms with Crippen LogP contribution in [0.2, 0.25) is 0 Å². The lowest BCUT2D eigenvalue weighted by Crippen LogP contribution is -2.27. The molecule has 0 saturated carbocycles. The Hall–Kier alpha value is -5.57. The predicted molar refractivity (Wildman–Crippen MR) is 318 cm³/mol. The SMILES string of the molecule is CCCCCCCCCCCCOc1cc(/C=C/c2ccc(C(=O)Oc3ccc(-c4ccc(OC(=O)[C@H](C)OC(C)=O)cc4)cc3)cc2)cc(OCCCCCCCCCCCC)c1OCCCCCCCCCCCC. The maximum atomic E-state index is 13.3. The Morgan fingerprint density at radius 2 is 0.766 bits per heavy atom. The first-order valence-corrected chi connectivity index (χ1v) is 30.4. The fraction of sp³-hybridized carbons (Fsp3) is 0.574. The lowest BCUT2D eigenvalue weighted by Gasteiger charge is -2.18. The fourth-order valence-electron chi connectivity index (χ4n) is 9.37. The lowest BCUT2D eigenvalue weighted by atomic mass is 10.1. The molecule has 0 fully saturated rings. The number of unbranched alkanes of at least 4 members (excludes halogenated alkanes) is 27. The second-order valence-electron chi connectivity index (χ2n) is 21.0. The Balaban J connectivity index is 1.41. The molecule has 0 spiro atoms. The van der Waals surface area contributed by atoms with Gasteiger partial charge in [-0.1, -0.05) is 243 Å². The minimum atomic E-state index is -1.01. The summed E-state index contributed by atoms with van der Waals surface area (Å²) >= 11 is 0. The minimum Gasteiger partial charge on any atom is -0.490 e. The van der Waals surface area contributed by atoms with Crippen LogP contribution >= 0.6 is 0 Å². The van der Waals surface area contributed by atoms with Gasteiger partial charge in [0.1, 0.15) is 11.5 Å². The molecule has 0 aromatic heterocycles. The van der Waals surface area contributed by atoms with E-state index >= 15 is 0 Å². The molecular formula is C68H98O9. The average molecular weight is 1060 g/mol. The summed E-state index contributed by atoms with van der Waals surface area (Å²) in [6.45, 7) is 11.4. The highest BCUT2D eigenvalue weighted by atomic mass is 16.6. The summed E-state index contributed by atoms with van der Waals surface area (Å²) in [6.07, 6.45) is 41.3. The van der Waals surface area contributed by atoms with Gasteiger partial charge < -0.3 is 28.4 Å². The van der Waals surface area contributed by atoms with E-state index in [-0.39, 0.29) is 0 Å². The van der Waals surface area contributed by atoms with E-state index in [0.29, 0.717) is 36.9 Å². The van der Waals surface area contributed by atoms with Crippen LogP contribution in [0.3, 0.4) is 0 Å². The van der Waals surface area contributed by atoms with Crippen molar-refractivity contribution in [2.24, 2.45) is 0 Å². The van der Waals surface area contributed by atoms with Crippen LogP contribution in [0.25, 0.3) is 23.3 Å². The van der Waals surface area contributed by atoms with Gasteiger partial charge in [0, 0.05) is 6.92 Å². The van der Waals surface area contributed by atoms with Crippen molar-refractivity contribution in [3.05, 3.63) is 102 Å². The molecule has 0 bridgehead atoms. The number of carbonyl (C=O) groups excluding carboxylic acids is 3. The van der Waals surface area contributed by atoms with Crippen LogP contribution in [-0.2, 0) is 14.3 Å². The number of esters is 3. The van der Waals surface area contributed by atoms with E-state index in [0.717, 1.165) is 78.0 Å². The molecule has 0 N–H and O–H groups in total. The van der Waals surface area contributed by atoms with E-state index < -0.39 is 24.0 Å². The van der Waals surface area contributed by atoms with Gasteiger partial charge in [-0.3, -0.25) is 4.79 Å². The van der Waals surface area contributed by atoms with Gasteiger partial charge in [-0.15, -0.1) is 0 Å². The van der Waals surface area contributed by atoms with E-state index in [9.17, 15) is 14.4 Å². The van der Waals surface area contributed by atoms with Crippen molar-refractivity contribution in [3.8, 4) is 39.9 Å². The minimum absolute atomic E-state index is 0.335. The first-order chi connectivity index (χ1) is 37.7. The largest absolute Gasteiger partial charge is 0.490 e. The number of benzene rings is 4. The number of hydrogen-bond acceptors (Lipinski definition) is 9. The maximum Gasteiger partial charge on any atom is 0.352 e. The Bertz CT molecular complexity index is 2170. The van der Waals surface area contributed by atoms with Gasteiger partial charge in [-0.2, -0.15) is 0 Å². The molecule has 0 aliphatic carbocycles. The zero-order chi connectivity index (χ0) is 55.0. The second kappa shape index (κ2) is 40.6. The van der Waals surface area contributed by atoms with Crippen LogP contribution in [0.5, 0.6) is 28.7 Å². The third-order valence-corrected chi connectivity index (χ3v) is 14.1. The summed E-state index contributed by atoms with van der Waals surface area (Å²) in [5, 5.41) is 0. The molecule has 9 heteroatoms. The van der Waals surface area contributed by atoms with Crippen LogP contribution in [-0.4, -0.2) is 43.8 Å². The van der Waals surface area contributed by atoms with Gasteiger partial charge in [0.2, 0.25) is 5.75 Å². The normalized spacial score (nSPS) is 11.6. The molecule has 0 aliphatic heterocycles. The summed E-state index contributed by atoms with van der Waals surface area (Å²) < 4.78 is 35.9. The molecule has 0 unspecified atom stereocenters. The van der Waals surface area contributed by atoms with Crippen molar-refractivity contribution in [2.45, 2.75) is 233 Å². The summed E-state index contributed by atoms with van der Waals surface area (Å²) in [5.41, 5.74) is 4.11. The molecule has 77 heavy (non-hydrogen) atoms. The number of carbonyl (C=O) groups is 3. The van der Waals surface area contributed by atoms with Crippen molar-refractivity contribution in [1.29, 1.82) is 0 Å².